The number of methoxy groups -OCH3 is 6. The molecular weight excluding hydrogens is 536 g/mol. The fraction of sp³-hybridized carbons (Fsp3) is 0.462. The molecule has 2 rings (SSSR count). The standard InChI is InChI=1S/C26H34O14/c1-8-35-9-10-36-15-22(37-39-25(27)16-11-18(29-2)23(33-6)19(12-16)30-3)38-40-26(28)17-13-20(31-4)24(34-7)21(14-17)32-5/h11-14,22H,8-10,15H2,1-7H3. The van der Waals surface area contributed by atoms with E-state index in [4.69, 9.17) is 57.4 Å². The van der Waals surface area contributed by atoms with Gasteiger partial charge in [0.25, 0.3) is 6.29 Å². The summed E-state index contributed by atoms with van der Waals surface area (Å²) in [5.74, 6) is -0.410. The molecule has 0 radical (unpaired) electrons. The topological polar surface area (TPSA) is 145 Å². The first-order valence-electron chi connectivity index (χ1n) is 11.9. The van der Waals surface area contributed by atoms with Gasteiger partial charge in [0, 0.05) is 6.61 Å². The van der Waals surface area contributed by atoms with Crippen molar-refractivity contribution < 1.29 is 67.0 Å². The van der Waals surface area contributed by atoms with Crippen LogP contribution in [-0.4, -0.2) is 87.3 Å². The average molecular weight is 571 g/mol. The Morgan fingerprint density at radius 3 is 1.30 bits per heavy atom. The third-order valence-corrected chi connectivity index (χ3v) is 5.09. The minimum Gasteiger partial charge on any atom is -0.493 e. The van der Waals surface area contributed by atoms with Crippen LogP contribution in [0.3, 0.4) is 0 Å². The van der Waals surface area contributed by atoms with Gasteiger partial charge in [0.1, 0.15) is 6.61 Å². The molecule has 0 aromatic heterocycles. The summed E-state index contributed by atoms with van der Waals surface area (Å²) in [7, 11) is 8.44. The summed E-state index contributed by atoms with van der Waals surface area (Å²) < 4.78 is 42.1. The van der Waals surface area contributed by atoms with Crippen LogP contribution in [0.1, 0.15) is 27.6 Å². The molecular formula is C26H34O14. The lowest BCUT2D eigenvalue weighted by Crippen LogP contribution is -2.27. The predicted octanol–water partition coefficient (Wildman–Crippen LogP) is 2.99. The second-order valence-corrected chi connectivity index (χ2v) is 7.46. The van der Waals surface area contributed by atoms with Crippen LogP contribution in [0.15, 0.2) is 24.3 Å². The number of benzene rings is 2. The maximum absolute atomic E-state index is 12.7. The van der Waals surface area contributed by atoms with Gasteiger partial charge in [0.05, 0.1) is 67.0 Å². The zero-order valence-corrected chi connectivity index (χ0v) is 23.4. The Kier molecular flexibility index (Phi) is 13.6. The van der Waals surface area contributed by atoms with Gasteiger partial charge < -0.3 is 37.9 Å². The Bertz CT molecular complexity index is 973. The molecule has 2 aromatic rings. The highest BCUT2D eigenvalue weighted by Crippen LogP contribution is 2.39. The summed E-state index contributed by atoms with van der Waals surface area (Å²) in [5, 5.41) is 0. The van der Waals surface area contributed by atoms with E-state index in [1.165, 1.54) is 66.9 Å². The summed E-state index contributed by atoms with van der Waals surface area (Å²) in [6, 6.07) is 5.47. The number of carbonyl (C=O) groups is 2. The molecule has 0 aliphatic carbocycles. The van der Waals surface area contributed by atoms with Crippen molar-refractivity contribution in [3.63, 3.8) is 0 Å². The van der Waals surface area contributed by atoms with Crippen molar-refractivity contribution in [2.24, 2.45) is 0 Å². The van der Waals surface area contributed by atoms with E-state index in [0.29, 0.717) is 13.2 Å². The van der Waals surface area contributed by atoms with E-state index in [2.05, 4.69) is 0 Å². The van der Waals surface area contributed by atoms with E-state index in [9.17, 15) is 9.59 Å². The van der Waals surface area contributed by atoms with Crippen LogP contribution in [0.25, 0.3) is 0 Å². The van der Waals surface area contributed by atoms with Gasteiger partial charge in [0.15, 0.2) is 23.0 Å². The van der Waals surface area contributed by atoms with Gasteiger partial charge >= 0.3 is 11.9 Å². The molecule has 14 heteroatoms. The van der Waals surface area contributed by atoms with Crippen LogP contribution in [0, 0.1) is 0 Å². The Hall–Kier alpha value is -3.98. The molecule has 0 N–H and O–H groups in total. The summed E-state index contributed by atoms with van der Waals surface area (Å²) in [6.07, 6.45) is -1.47. The first-order valence-corrected chi connectivity index (χ1v) is 11.9. The van der Waals surface area contributed by atoms with Crippen LogP contribution in [0.2, 0.25) is 0 Å². The van der Waals surface area contributed by atoms with E-state index in [1.54, 1.807) is 0 Å². The minimum absolute atomic E-state index is 0.0138. The molecule has 0 unspecified atom stereocenters. The van der Waals surface area contributed by atoms with E-state index in [0.717, 1.165) is 0 Å². The van der Waals surface area contributed by atoms with Crippen molar-refractivity contribution in [3.8, 4) is 34.5 Å². The number of carbonyl (C=O) groups excluding carboxylic acids is 2. The van der Waals surface area contributed by atoms with Crippen molar-refractivity contribution in [2.45, 2.75) is 13.2 Å². The quantitative estimate of drug-likeness (QED) is 0.112. The SMILES string of the molecule is CCOCCOCC(OOC(=O)c1cc(OC)c(OC)c(OC)c1)OOC(=O)c1cc(OC)c(OC)c(OC)c1. The van der Waals surface area contributed by atoms with Gasteiger partial charge in [-0.1, -0.05) is 0 Å². The number of rotatable bonds is 18. The Labute approximate surface area is 231 Å². The maximum Gasteiger partial charge on any atom is 0.373 e. The Balaban J connectivity index is 2.13. The Morgan fingerprint density at radius 2 is 0.975 bits per heavy atom. The van der Waals surface area contributed by atoms with Gasteiger partial charge in [-0.25, -0.2) is 9.59 Å². The van der Waals surface area contributed by atoms with Crippen LogP contribution in [0.5, 0.6) is 34.5 Å². The monoisotopic (exact) mass is 570 g/mol. The van der Waals surface area contributed by atoms with Crippen LogP contribution in [-0.2, 0) is 29.0 Å². The lowest BCUT2D eigenvalue weighted by Gasteiger charge is -2.17. The first-order chi connectivity index (χ1) is 19.4. The minimum atomic E-state index is -1.47. The molecule has 0 amide bonds. The zero-order valence-electron chi connectivity index (χ0n) is 23.4. The van der Waals surface area contributed by atoms with E-state index < -0.39 is 18.2 Å². The largest absolute Gasteiger partial charge is 0.493 e. The summed E-state index contributed by atoms with van der Waals surface area (Å²) in [5.41, 5.74) is 0.0277. The Morgan fingerprint density at radius 1 is 0.600 bits per heavy atom. The molecule has 0 saturated heterocycles. The van der Waals surface area contributed by atoms with Crippen molar-refractivity contribution in [1.82, 2.24) is 0 Å². The number of ether oxygens (including phenoxy) is 8. The van der Waals surface area contributed by atoms with Crippen molar-refractivity contribution >= 4 is 11.9 Å². The van der Waals surface area contributed by atoms with Gasteiger partial charge in [0.2, 0.25) is 11.5 Å². The second-order valence-electron chi connectivity index (χ2n) is 7.46. The molecule has 0 atom stereocenters. The lowest BCUT2D eigenvalue weighted by atomic mass is 10.2. The third kappa shape index (κ3) is 8.77. The van der Waals surface area contributed by atoms with Crippen LogP contribution >= 0.6 is 0 Å². The number of hydrogen-bond acceptors (Lipinski definition) is 14. The zero-order chi connectivity index (χ0) is 29.5. The fourth-order valence-corrected chi connectivity index (χ4v) is 3.20. The molecule has 0 aliphatic rings. The fourth-order valence-electron chi connectivity index (χ4n) is 3.20. The molecule has 0 spiro atoms. The van der Waals surface area contributed by atoms with Gasteiger partial charge in [-0.2, -0.15) is 0 Å². The van der Waals surface area contributed by atoms with Crippen molar-refractivity contribution in [1.29, 1.82) is 0 Å². The second kappa shape index (κ2) is 16.9. The normalized spacial score (nSPS) is 10.6. The highest BCUT2D eigenvalue weighted by Gasteiger charge is 2.24. The van der Waals surface area contributed by atoms with Gasteiger partial charge in [-0.05, 0) is 31.2 Å². The van der Waals surface area contributed by atoms with Crippen molar-refractivity contribution in [2.75, 3.05) is 69.1 Å². The molecule has 40 heavy (non-hydrogen) atoms. The first kappa shape index (κ1) is 32.2. The van der Waals surface area contributed by atoms with E-state index in [-0.39, 0.29) is 58.8 Å². The highest BCUT2D eigenvalue weighted by atomic mass is 17.3. The van der Waals surface area contributed by atoms with Gasteiger partial charge in [-0.15, -0.1) is 9.78 Å². The van der Waals surface area contributed by atoms with E-state index in [1.807, 2.05) is 6.92 Å². The smallest absolute Gasteiger partial charge is 0.373 e. The number of hydrogen-bond donors (Lipinski definition) is 0. The van der Waals surface area contributed by atoms with Crippen LogP contribution in [0.4, 0.5) is 0 Å². The van der Waals surface area contributed by atoms with E-state index >= 15 is 0 Å². The molecule has 0 heterocycles. The molecule has 0 bridgehead atoms. The molecule has 14 nitrogen and oxygen atoms in total. The van der Waals surface area contributed by atoms with Crippen molar-refractivity contribution in [3.05, 3.63) is 35.4 Å². The summed E-state index contributed by atoms with van der Waals surface area (Å²) in [6.45, 7) is 2.50. The molecule has 0 aliphatic heterocycles. The molecule has 0 saturated carbocycles. The summed E-state index contributed by atoms with van der Waals surface area (Å²) >= 11 is 0. The van der Waals surface area contributed by atoms with Gasteiger partial charge in [-0.3, -0.25) is 9.78 Å². The molecule has 222 valence electrons. The molecule has 2 aromatic carbocycles. The average Bonchev–Trinajstić information content (AvgIpc) is 2.99. The maximum atomic E-state index is 12.7. The van der Waals surface area contributed by atoms with Crippen LogP contribution < -0.4 is 28.4 Å². The third-order valence-electron chi connectivity index (χ3n) is 5.09. The lowest BCUT2D eigenvalue weighted by molar-refractivity contribution is -0.427. The predicted molar refractivity (Wildman–Crippen MR) is 136 cm³/mol. The molecule has 0 fully saturated rings. The highest BCUT2D eigenvalue weighted by molar-refractivity contribution is 5.91. The summed E-state index contributed by atoms with van der Waals surface area (Å²) in [4.78, 5) is 45.4.